The lowest BCUT2D eigenvalue weighted by Gasteiger charge is -2.35. The molecule has 2 aliphatic heterocycles. The smallest absolute Gasteiger partial charge is 0.256 e. The topological polar surface area (TPSA) is 49.9 Å². The first-order chi connectivity index (χ1) is 11.1. The van der Waals surface area contributed by atoms with Crippen molar-refractivity contribution < 1.29 is 23.1 Å². The number of hydrogen-bond donors (Lipinski definition) is 0. The van der Waals surface area contributed by atoms with Crippen molar-refractivity contribution in [1.29, 1.82) is 0 Å². The van der Waals surface area contributed by atoms with Gasteiger partial charge >= 0.3 is 0 Å². The van der Waals surface area contributed by atoms with Crippen molar-refractivity contribution in [2.75, 3.05) is 32.8 Å². The number of amides is 2. The molecule has 0 bridgehead atoms. The van der Waals surface area contributed by atoms with Crippen molar-refractivity contribution in [1.82, 2.24) is 9.80 Å². The standard InChI is InChI=1S/C16H18F2N2O3/c17-11-3-4-12(13(18)10-11)15(21)19-5-7-20(8-6-19)16(22)14-2-1-9-23-14/h3-4,10,14H,1-2,5-9H2/t14-/m1/s1. The molecule has 0 unspecified atom stereocenters. The molecule has 7 heteroatoms. The van der Waals surface area contributed by atoms with Crippen LogP contribution in [0.5, 0.6) is 0 Å². The molecule has 0 aliphatic carbocycles. The molecule has 3 rings (SSSR count). The number of piperazine rings is 1. The Morgan fingerprint density at radius 3 is 2.39 bits per heavy atom. The number of nitrogens with zero attached hydrogens (tertiary/aromatic N) is 2. The highest BCUT2D eigenvalue weighted by Gasteiger charge is 2.31. The van der Waals surface area contributed by atoms with Crippen molar-refractivity contribution in [2.24, 2.45) is 0 Å². The van der Waals surface area contributed by atoms with Crippen molar-refractivity contribution in [3.8, 4) is 0 Å². The third-order valence-electron chi connectivity index (χ3n) is 4.25. The molecule has 1 aromatic rings. The summed E-state index contributed by atoms with van der Waals surface area (Å²) in [4.78, 5) is 27.7. The van der Waals surface area contributed by atoms with Gasteiger partial charge in [-0.05, 0) is 25.0 Å². The zero-order chi connectivity index (χ0) is 16.4. The molecule has 2 saturated heterocycles. The van der Waals surface area contributed by atoms with Crippen LogP contribution in [0.1, 0.15) is 23.2 Å². The fourth-order valence-electron chi connectivity index (χ4n) is 2.94. The van der Waals surface area contributed by atoms with Gasteiger partial charge in [0.05, 0.1) is 5.56 Å². The van der Waals surface area contributed by atoms with Crippen molar-refractivity contribution in [2.45, 2.75) is 18.9 Å². The number of carbonyl (C=O) groups is 2. The first-order valence-electron chi connectivity index (χ1n) is 7.71. The third kappa shape index (κ3) is 3.34. The van der Waals surface area contributed by atoms with Gasteiger partial charge in [0.15, 0.2) is 0 Å². The molecule has 2 fully saturated rings. The van der Waals surface area contributed by atoms with E-state index in [4.69, 9.17) is 4.74 Å². The van der Waals surface area contributed by atoms with E-state index < -0.39 is 17.5 Å². The second kappa shape index (κ2) is 6.62. The fourth-order valence-corrected chi connectivity index (χ4v) is 2.94. The molecular formula is C16H18F2N2O3. The van der Waals surface area contributed by atoms with Crippen molar-refractivity contribution in [3.63, 3.8) is 0 Å². The van der Waals surface area contributed by atoms with E-state index in [-0.39, 0.29) is 17.6 Å². The minimum absolute atomic E-state index is 0.0393. The van der Waals surface area contributed by atoms with Crippen LogP contribution in [0.4, 0.5) is 8.78 Å². The highest BCUT2D eigenvalue weighted by Crippen LogP contribution is 2.17. The predicted octanol–water partition coefficient (Wildman–Crippen LogP) is 1.43. The summed E-state index contributed by atoms with van der Waals surface area (Å²) < 4.78 is 32.0. The van der Waals surface area contributed by atoms with Gasteiger partial charge in [0.2, 0.25) is 0 Å². The van der Waals surface area contributed by atoms with Crippen LogP contribution in [0.25, 0.3) is 0 Å². The van der Waals surface area contributed by atoms with Crippen LogP contribution in [0.2, 0.25) is 0 Å². The molecule has 124 valence electrons. The molecule has 2 heterocycles. The Bertz CT molecular complexity index is 609. The summed E-state index contributed by atoms with van der Waals surface area (Å²) in [7, 11) is 0. The van der Waals surface area contributed by atoms with Crippen LogP contribution in [-0.4, -0.2) is 60.5 Å². The summed E-state index contributed by atoms with van der Waals surface area (Å²) in [5.74, 6) is -2.10. The highest BCUT2D eigenvalue weighted by molar-refractivity contribution is 5.94. The van der Waals surface area contributed by atoms with E-state index in [0.29, 0.717) is 38.9 Å². The van der Waals surface area contributed by atoms with Gasteiger partial charge in [-0.15, -0.1) is 0 Å². The monoisotopic (exact) mass is 324 g/mol. The molecule has 0 radical (unpaired) electrons. The molecule has 1 aromatic carbocycles. The van der Waals surface area contributed by atoms with Gasteiger partial charge in [0.25, 0.3) is 11.8 Å². The van der Waals surface area contributed by atoms with Gasteiger partial charge in [-0.3, -0.25) is 9.59 Å². The lowest BCUT2D eigenvalue weighted by molar-refractivity contribution is -0.142. The molecule has 2 amide bonds. The Kier molecular flexibility index (Phi) is 4.56. The summed E-state index contributed by atoms with van der Waals surface area (Å²) in [5, 5.41) is 0. The number of rotatable bonds is 2. The number of benzene rings is 1. The highest BCUT2D eigenvalue weighted by atomic mass is 19.1. The van der Waals surface area contributed by atoms with E-state index in [0.717, 1.165) is 25.0 Å². The summed E-state index contributed by atoms with van der Waals surface area (Å²) in [6.07, 6.45) is 1.25. The van der Waals surface area contributed by atoms with Gasteiger partial charge in [0.1, 0.15) is 17.7 Å². The average molecular weight is 324 g/mol. The van der Waals surface area contributed by atoms with Gasteiger partial charge in [-0.1, -0.05) is 0 Å². The van der Waals surface area contributed by atoms with E-state index in [1.807, 2.05) is 0 Å². The van der Waals surface area contributed by atoms with E-state index >= 15 is 0 Å². The minimum atomic E-state index is -0.868. The van der Waals surface area contributed by atoms with Gasteiger partial charge in [-0.2, -0.15) is 0 Å². The molecule has 5 nitrogen and oxygen atoms in total. The lowest BCUT2D eigenvalue weighted by Crippen LogP contribution is -2.52. The normalized spacial score (nSPS) is 21.6. The molecule has 0 saturated carbocycles. The Hall–Kier alpha value is -2.02. The summed E-state index contributed by atoms with van der Waals surface area (Å²) in [6, 6.07) is 2.91. The maximum absolute atomic E-state index is 13.7. The van der Waals surface area contributed by atoms with Crippen molar-refractivity contribution >= 4 is 11.8 Å². The summed E-state index contributed by atoms with van der Waals surface area (Å²) in [5.41, 5.74) is -0.148. The zero-order valence-electron chi connectivity index (χ0n) is 12.6. The Morgan fingerprint density at radius 1 is 1.09 bits per heavy atom. The molecule has 1 atom stereocenters. The van der Waals surface area contributed by atoms with E-state index in [9.17, 15) is 18.4 Å². The SMILES string of the molecule is O=C(c1ccc(F)cc1F)N1CCN(C(=O)[C@H]2CCCO2)CC1. The Labute approximate surface area is 132 Å². The second-order valence-electron chi connectivity index (χ2n) is 5.74. The van der Waals surface area contributed by atoms with Gasteiger partial charge < -0.3 is 14.5 Å². The van der Waals surface area contributed by atoms with Crippen LogP contribution >= 0.6 is 0 Å². The van der Waals surface area contributed by atoms with E-state index in [1.165, 1.54) is 4.90 Å². The predicted molar refractivity (Wildman–Crippen MR) is 77.8 cm³/mol. The lowest BCUT2D eigenvalue weighted by atomic mass is 10.1. The zero-order valence-corrected chi connectivity index (χ0v) is 12.6. The quantitative estimate of drug-likeness (QED) is 0.827. The largest absolute Gasteiger partial charge is 0.368 e. The maximum atomic E-state index is 13.7. The molecule has 0 spiro atoms. The number of hydrogen-bond acceptors (Lipinski definition) is 3. The first-order valence-corrected chi connectivity index (χ1v) is 7.71. The van der Waals surface area contributed by atoms with Crippen molar-refractivity contribution in [3.05, 3.63) is 35.4 Å². The Morgan fingerprint density at radius 2 is 1.78 bits per heavy atom. The third-order valence-corrected chi connectivity index (χ3v) is 4.25. The number of ether oxygens (including phenoxy) is 1. The Balaban J connectivity index is 1.60. The second-order valence-corrected chi connectivity index (χ2v) is 5.74. The van der Waals surface area contributed by atoms with Crippen LogP contribution in [0.15, 0.2) is 18.2 Å². The van der Waals surface area contributed by atoms with Crippen LogP contribution < -0.4 is 0 Å². The maximum Gasteiger partial charge on any atom is 0.256 e. The molecule has 0 aromatic heterocycles. The average Bonchev–Trinajstić information content (AvgIpc) is 3.08. The minimum Gasteiger partial charge on any atom is -0.368 e. The van der Waals surface area contributed by atoms with Gasteiger partial charge in [0, 0.05) is 38.9 Å². The van der Waals surface area contributed by atoms with Gasteiger partial charge in [-0.25, -0.2) is 8.78 Å². The molecule has 0 N–H and O–H groups in total. The van der Waals surface area contributed by atoms with Crippen LogP contribution in [0, 0.1) is 11.6 Å². The van der Waals surface area contributed by atoms with Crippen LogP contribution in [-0.2, 0) is 9.53 Å². The fraction of sp³-hybridized carbons (Fsp3) is 0.500. The first kappa shape index (κ1) is 15.9. The summed E-state index contributed by atoms with van der Waals surface area (Å²) >= 11 is 0. The summed E-state index contributed by atoms with van der Waals surface area (Å²) in [6.45, 7) is 2.06. The van der Waals surface area contributed by atoms with E-state index in [2.05, 4.69) is 0 Å². The molecular weight excluding hydrogens is 306 g/mol. The number of carbonyl (C=O) groups excluding carboxylic acids is 2. The molecule has 2 aliphatic rings. The molecule has 23 heavy (non-hydrogen) atoms. The van der Waals surface area contributed by atoms with Crippen LogP contribution in [0.3, 0.4) is 0 Å². The number of halogens is 2. The van der Waals surface area contributed by atoms with E-state index in [1.54, 1.807) is 4.90 Å².